The van der Waals surface area contributed by atoms with Gasteiger partial charge in [-0.3, -0.25) is 4.79 Å². The van der Waals surface area contributed by atoms with Gasteiger partial charge in [0.05, 0.1) is 0 Å². The van der Waals surface area contributed by atoms with Gasteiger partial charge in [0, 0.05) is 16.1 Å². The van der Waals surface area contributed by atoms with E-state index in [-0.39, 0.29) is 0 Å². The van der Waals surface area contributed by atoms with Gasteiger partial charge in [0.2, 0.25) is 6.10 Å². The van der Waals surface area contributed by atoms with E-state index in [4.69, 9.17) is 4.74 Å². The Kier molecular flexibility index (Phi) is 6.21. The number of thiophene rings is 1. The molecule has 6 heteroatoms. The molecule has 0 spiro atoms. The van der Waals surface area contributed by atoms with Crippen molar-refractivity contribution in [1.82, 2.24) is 0 Å². The monoisotopic (exact) mass is 397 g/mol. The predicted octanol–water partition coefficient (Wildman–Crippen LogP) is 5.29. The van der Waals surface area contributed by atoms with Crippen LogP contribution in [-0.2, 0) is 16.0 Å². The van der Waals surface area contributed by atoms with E-state index >= 15 is 0 Å². The Labute approximate surface area is 167 Å². The van der Waals surface area contributed by atoms with Crippen molar-refractivity contribution in [1.29, 1.82) is 0 Å². The van der Waals surface area contributed by atoms with E-state index in [1.807, 2.05) is 19.9 Å². The summed E-state index contributed by atoms with van der Waals surface area (Å²) in [6, 6.07) is 16.0. The number of carbonyl (C=O) groups is 2. The van der Waals surface area contributed by atoms with Crippen LogP contribution in [-0.4, -0.2) is 11.9 Å². The van der Waals surface area contributed by atoms with Crippen LogP contribution in [0.25, 0.3) is 0 Å². The van der Waals surface area contributed by atoms with Crippen LogP contribution in [0.2, 0.25) is 0 Å². The maximum atomic E-state index is 13.1. The van der Waals surface area contributed by atoms with E-state index in [0.29, 0.717) is 16.1 Å². The second kappa shape index (κ2) is 8.80. The molecule has 3 aromatic rings. The Bertz CT molecular complexity index is 967. The number of hydrogen-bond acceptors (Lipinski definition) is 4. The van der Waals surface area contributed by atoms with Crippen molar-refractivity contribution in [3.05, 3.63) is 87.4 Å². The lowest BCUT2D eigenvalue weighted by atomic mass is 10.1. The molecule has 0 aliphatic rings. The fourth-order valence-electron chi connectivity index (χ4n) is 2.78. The van der Waals surface area contributed by atoms with Gasteiger partial charge in [0.15, 0.2) is 0 Å². The minimum atomic E-state index is -1.12. The van der Waals surface area contributed by atoms with Crippen molar-refractivity contribution in [3.63, 3.8) is 0 Å². The molecule has 1 amide bonds. The largest absolute Gasteiger partial charge is 0.443 e. The van der Waals surface area contributed by atoms with Crippen molar-refractivity contribution in [2.75, 3.05) is 5.32 Å². The summed E-state index contributed by atoms with van der Waals surface area (Å²) in [6.45, 7) is 3.97. The van der Waals surface area contributed by atoms with Crippen molar-refractivity contribution in [2.45, 2.75) is 26.4 Å². The molecule has 0 fully saturated rings. The highest BCUT2D eigenvalue weighted by Gasteiger charge is 2.26. The first-order valence-corrected chi connectivity index (χ1v) is 9.71. The van der Waals surface area contributed by atoms with E-state index in [9.17, 15) is 14.0 Å². The highest BCUT2D eigenvalue weighted by Crippen LogP contribution is 2.27. The molecule has 0 saturated heterocycles. The van der Waals surface area contributed by atoms with Gasteiger partial charge in [-0.2, -0.15) is 0 Å². The number of rotatable bonds is 6. The highest BCUT2D eigenvalue weighted by molar-refractivity contribution is 7.14. The minimum absolute atomic E-state index is 0.399. The van der Waals surface area contributed by atoms with Crippen LogP contribution >= 0.6 is 11.3 Å². The molecule has 0 bridgehead atoms. The van der Waals surface area contributed by atoms with Gasteiger partial charge in [0.25, 0.3) is 5.91 Å². The van der Waals surface area contributed by atoms with Gasteiger partial charge in [-0.25, -0.2) is 9.18 Å². The number of esters is 1. The van der Waals surface area contributed by atoms with Gasteiger partial charge in [-0.1, -0.05) is 37.3 Å². The maximum absolute atomic E-state index is 13.1. The summed E-state index contributed by atoms with van der Waals surface area (Å²) >= 11 is 1.37. The van der Waals surface area contributed by atoms with Crippen LogP contribution in [0.1, 0.15) is 38.7 Å². The number of halogens is 1. The Hall–Kier alpha value is -2.99. The van der Waals surface area contributed by atoms with Crippen LogP contribution < -0.4 is 5.32 Å². The van der Waals surface area contributed by atoms with Crippen molar-refractivity contribution < 1.29 is 18.7 Å². The second-order valence-electron chi connectivity index (χ2n) is 6.26. The van der Waals surface area contributed by atoms with E-state index < -0.39 is 23.8 Å². The lowest BCUT2D eigenvalue weighted by Gasteiger charge is -2.17. The topological polar surface area (TPSA) is 55.4 Å². The van der Waals surface area contributed by atoms with Gasteiger partial charge >= 0.3 is 5.97 Å². The SMILES string of the molecule is CCc1sc(C(=O)O[C@@H](C(=O)Nc2ccc(F)cc2)c2ccccc2)cc1C. The van der Waals surface area contributed by atoms with E-state index in [0.717, 1.165) is 16.9 Å². The zero-order valence-corrected chi connectivity index (χ0v) is 16.4. The third kappa shape index (κ3) is 4.64. The standard InChI is InChI=1S/C22H20FNO3S/c1-3-18-14(2)13-19(28-18)22(26)27-20(15-7-5-4-6-8-15)21(25)24-17-11-9-16(23)10-12-17/h4-13,20H,3H2,1-2H3,(H,24,25)/t20-/m1/s1. The van der Waals surface area contributed by atoms with Crippen LogP contribution in [0, 0.1) is 12.7 Å². The van der Waals surface area contributed by atoms with E-state index in [1.165, 1.54) is 35.6 Å². The van der Waals surface area contributed by atoms with E-state index in [2.05, 4.69) is 5.32 Å². The van der Waals surface area contributed by atoms with Crippen LogP contribution in [0.4, 0.5) is 10.1 Å². The fraction of sp³-hybridized carbons (Fsp3) is 0.182. The predicted molar refractivity (Wildman–Crippen MR) is 108 cm³/mol. The summed E-state index contributed by atoms with van der Waals surface area (Å²) in [4.78, 5) is 27.1. The molecular weight excluding hydrogens is 377 g/mol. The molecule has 3 rings (SSSR count). The van der Waals surface area contributed by atoms with Crippen molar-refractivity contribution in [3.8, 4) is 0 Å². The first-order chi connectivity index (χ1) is 13.5. The molecule has 0 aliphatic carbocycles. The zero-order chi connectivity index (χ0) is 20.1. The molecule has 0 aliphatic heterocycles. The molecular formula is C22H20FNO3S. The van der Waals surface area contributed by atoms with E-state index in [1.54, 1.807) is 30.3 Å². The number of ether oxygens (including phenoxy) is 1. The lowest BCUT2D eigenvalue weighted by molar-refractivity contribution is -0.125. The molecule has 0 radical (unpaired) electrons. The number of benzene rings is 2. The van der Waals surface area contributed by atoms with Crippen LogP contribution in [0.15, 0.2) is 60.7 Å². The number of hydrogen-bond donors (Lipinski definition) is 1. The molecule has 1 heterocycles. The Morgan fingerprint density at radius 2 is 1.79 bits per heavy atom. The Morgan fingerprint density at radius 3 is 2.39 bits per heavy atom. The normalized spacial score (nSPS) is 11.7. The first-order valence-electron chi connectivity index (χ1n) is 8.89. The minimum Gasteiger partial charge on any atom is -0.443 e. The summed E-state index contributed by atoms with van der Waals surface area (Å²) in [6.07, 6.45) is -0.289. The number of nitrogens with one attached hydrogen (secondary N) is 1. The lowest BCUT2D eigenvalue weighted by Crippen LogP contribution is -2.25. The average molecular weight is 397 g/mol. The van der Waals surface area contributed by atoms with Gasteiger partial charge in [-0.05, 0) is 49.2 Å². The summed E-state index contributed by atoms with van der Waals surface area (Å²) in [7, 11) is 0. The van der Waals surface area contributed by atoms with Gasteiger partial charge < -0.3 is 10.1 Å². The average Bonchev–Trinajstić information content (AvgIpc) is 3.09. The second-order valence-corrected chi connectivity index (χ2v) is 7.40. The third-order valence-corrected chi connectivity index (χ3v) is 5.58. The zero-order valence-electron chi connectivity index (χ0n) is 15.6. The quantitative estimate of drug-likeness (QED) is 0.575. The molecule has 1 N–H and O–H groups in total. The highest BCUT2D eigenvalue weighted by atomic mass is 32.1. The molecule has 1 aromatic heterocycles. The summed E-state index contributed by atoms with van der Waals surface area (Å²) in [5.41, 5.74) is 2.01. The first kappa shape index (κ1) is 19.8. The van der Waals surface area contributed by atoms with Crippen molar-refractivity contribution in [2.24, 2.45) is 0 Å². The number of aryl methyl sites for hydroxylation is 2. The maximum Gasteiger partial charge on any atom is 0.349 e. The molecule has 0 saturated carbocycles. The molecule has 2 aromatic carbocycles. The molecule has 1 atom stereocenters. The van der Waals surface area contributed by atoms with Gasteiger partial charge in [-0.15, -0.1) is 11.3 Å². The number of carbonyl (C=O) groups excluding carboxylic acids is 2. The fourth-order valence-corrected chi connectivity index (χ4v) is 3.78. The summed E-state index contributed by atoms with van der Waals surface area (Å²) < 4.78 is 18.7. The Morgan fingerprint density at radius 1 is 1.11 bits per heavy atom. The number of amides is 1. The summed E-state index contributed by atoms with van der Waals surface area (Å²) in [5, 5.41) is 2.67. The van der Waals surface area contributed by atoms with Crippen molar-refractivity contribution >= 4 is 28.9 Å². The Balaban J connectivity index is 1.83. The third-order valence-electron chi connectivity index (χ3n) is 4.22. The molecule has 144 valence electrons. The van der Waals surface area contributed by atoms with Crippen LogP contribution in [0.3, 0.4) is 0 Å². The molecule has 0 unspecified atom stereocenters. The molecule has 28 heavy (non-hydrogen) atoms. The smallest absolute Gasteiger partial charge is 0.349 e. The van der Waals surface area contributed by atoms with Gasteiger partial charge in [0.1, 0.15) is 10.7 Å². The number of anilines is 1. The summed E-state index contributed by atoms with van der Waals surface area (Å²) in [5.74, 6) is -1.45. The molecule has 4 nitrogen and oxygen atoms in total. The van der Waals surface area contributed by atoms with Crippen LogP contribution in [0.5, 0.6) is 0 Å².